The van der Waals surface area contributed by atoms with Crippen molar-refractivity contribution in [2.24, 2.45) is 0 Å². The lowest BCUT2D eigenvalue weighted by atomic mass is 9.99. The standard InChI is InChI=1S/C27H27ClN4OS/c1-4-19(3)20-11-13-21(14-12-20)29-25(33)17-34-27-31-30-26(23-7-5-6-8-24(23)28)32(27)22-15-9-18(2)10-16-22/h5-16,19H,4,17H2,1-3H3,(H,29,33)/t19-/m1/s1. The van der Waals surface area contributed by atoms with Gasteiger partial charge in [-0.1, -0.05) is 79.2 Å². The topological polar surface area (TPSA) is 59.8 Å². The summed E-state index contributed by atoms with van der Waals surface area (Å²) in [6, 6.07) is 23.7. The summed E-state index contributed by atoms with van der Waals surface area (Å²) in [7, 11) is 0. The molecular weight excluding hydrogens is 464 g/mol. The molecule has 0 bridgehead atoms. The van der Waals surface area contributed by atoms with Gasteiger partial charge in [0.15, 0.2) is 11.0 Å². The molecule has 0 aliphatic heterocycles. The van der Waals surface area contributed by atoms with Crippen LogP contribution in [-0.4, -0.2) is 26.4 Å². The Morgan fingerprint density at radius 3 is 2.41 bits per heavy atom. The summed E-state index contributed by atoms with van der Waals surface area (Å²) in [6.07, 6.45) is 1.08. The van der Waals surface area contributed by atoms with E-state index < -0.39 is 0 Å². The maximum atomic E-state index is 12.7. The Kier molecular flexibility index (Phi) is 7.70. The van der Waals surface area contributed by atoms with E-state index in [0.29, 0.717) is 21.9 Å². The number of nitrogens with zero attached hydrogens (tertiary/aromatic N) is 3. The maximum absolute atomic E-state index is 12.7. The summed E-state index contributed by atoms with van der Waals surface area (Å²) in [4.78, 5) is 12.7. The molecule has 1 N–H and O–H groups in total. The SMILES string of the molecule is CC[C@@H](C)c1ccc(NC(=O)CSc2nnc(-c3ccccc3Cl)n2-c2ccc(C)cc2)cc1. The first-order valence-electron chi connectivity index (χ1n) is 11.3. The van der Waals surface area contributed by atoms with Crippen LogP contribution in [0.2, 0.25) is 5.02 Å². The Balaban J connectivity index is 1.54. The first-order chi connectivity index (χ1) is 16.5. The lowest BCUT2D eigenvalue weighted by Crippen LogP contribution is -2.14. The van der Waals surface area contributed by atoms with Crippen molar-refractivity contribution >= 4 is 35.0 Å². The Morgan fingerprint density at radius 1 is 1.03 bits per heavy atom. The number of aromatic nitrogens is 3. The molecule has 4 aromatic rings. The zero-order valence-electron chi connectivity index (χ0n) is 19.5. The van der Waals surface area contributed by atoms with E-state index in [-0.39, 0.29) is 11.7 Å². The summed E-state index contributed by atoms with van der Waals surface area (Å²) in [6.45, 7) is 6.41. The van der Waals surface area contributed by atoms with Crippen molar-refractivity contribution in [3.8, 4) is 17.1 Å². The fourth-order valence-corrected chi connectivity index (χ4v) is 4.54. The van der Waals surface area contributed by atoms with Crippen LogP contribution in [0.15, 0.2) is 78.0 Å². The molecule has 174 valence electrons. The van der Waals surface area contributed by atoms with E-state index in [0.717, 1.165) is 28.9 Å². The predicted molar refractivity (Wildman–Crippen MR) is 141 cm³/mol. The Labute approximate surface area is 209 Å². The van der Waals surface area contributed by atoms with E-state index >= 15 is 0 Å². The summed E-state index contributed by atoms with van der Waals surface area (Å²) >= 11 is 7.80. The van der Waals surface area contributed by atoms with Crippen molar-refractivity contribution in [3.05, 3.63) is 88.9 Å². The normalized spacial score (nSPS) is 11.9. The van der Waals surface area contributed by atoms with E-state index in [1.807, 2.05) is 72.2 Å². The molecule has 0 fully saturated rings. The van der Waals surface area contributed by atoms with Crippen LogP contribution in [-0.2, 0) is 4.79 Å². The molecule has 5 nitrogen and oxygen atoms in total. The quantitative estimate of drug-likeness (QED) is 0.266. The predicted octanol–water partition coefficient (Wildman–Crippen LogP) is 7.14. The highest BCUT2D eigenvalue weighted by Gasteiger charge is 2.19. The number of halogens is 1. The van der Waals surface area contributed by atoms with Crippen LogP contribution < -0.4 is 5.32 Å². The Hall–Kier alpha value is -3.09. The number of hydrogen-bond acceptors (Lipinski definition) is 4. The molecule has 34 heavy (non-hydrogen) atoms. The fourth-order valence-electron chi connectivity index (χ4n) is 3.56. The lowest BCUT2D eigenvalue weighted by molar-refractivity contribution is -0.113. The van der Waals surface area contributed by atoms with Crippen molar-refractivity contribution in [2.75, 3.05) is 11.1 Å². The third kappa shape index (κ3) is 5.51. The molecule has 0 spiro atoms. The molecule has 0 unspecified atom stereocenters. The van der Waals surface area contributed by atoms with Crippen molar-refractivity contribution in [3.63, 3.8) is 0 Å². The summed E-state index contributed by atoms with van der Waals surface area (Å²) in [5.41, 5.74) is 4.91. The van der Waals surface area contributed by atoms with Crippen LogP contribution >= 0.6 is 23.4 Å². The number of thioether (sulfide) groups is 1. The van der Waals surface area contributed by atoms with Gasteiger partial charge >= 0.3 is 0 Å². The van der Waals surface area contributed by atoms with Gasteiger partial charge in [-0.2, -0.15) is 0 Å². The minimum Gasteiger partial charge on any atom is -0.325 e. The molecule has 1 atom stereocenters. The molecule has 1 aromatic heterocycles. The molecule has 3 aromatic carbocycles. The van der Waals surface area contributed by atoms with Crippen LogP contribution in [0.3, 0.4) is 0 Å². The van der Waals surface area contributed by atoms with Gasteiger partial charge in [0.05, 0.1) is 10.8 Å². The van der Waals surface area contributed by atoms with Crippen molar-refractivity contribution in [2.45, 2.75) is 38.3 Å². The third-order valence-electron chi connectivity index (χ3n) is 5.75. The number of anilines is 1. The number of hydrogen-bond donors (Lipinski definition) is 1. The Morgan fingerprint density at radius 2 is 1.74 bits per heavy atom. The van der Waals surface area contributed by atoms with Crippen molar-refractivity contribution in [1.82, 2.24) is 14.8 Å². The van der Waals surface area contributed by atoms with Crippen LogP contribution in [0.4, 0.5) is 5.69 Å². The van der Waals surface area contributed by atoms with Crippen LogP contribution in [0.1, 0.15) is 37.3 Å². The average molecular weight is 491 g/mol. The minimum absolute atomic E-state index is 0.0981. The number of carbonyl (C=O) groups is 1. The van der Waals surface area contributed by atoms with Gasteiger partial charge in [-0.3, -0.25) is 9.36 Å². The van der Waals surface area contributed by atoms with Crippen molar-refractivity contribution in [1.29, 1.82) is 0 Å². The monoisotopic (exact) mass is 490 g/mol. The van der Waals surface area contributed by atoms with E-state index in [1.165, 1.54) is 17.3 Å². The van der Waals surface area contributed by atoms with Gasteiger partial charge < -0.3 is 5.32 Å². The molecule has 4 rings (SSSR count). The van der Waals surface area contributed by atoms with E-state index in [4.69, 9.17) is 11.6 Å². The summed E-state index contributed by atoms with van der Waals surface area (Å²) < 4.78 is 1.94. The fraction of sp³-hybridized carbons (Fsp3) is 0.222. The van der Waals surface area contributed by atoms with Crippen LogP contribution in [0, 0.1) is 6.92 Å². The van der Waals surface area contributed by atoms with Crippen LogP contribution in [0.5, 0.6) is 0 Å². The van der Waals surface area contributed by atoms with Crippen LogP contribution in [0.25, 0.3) is 17.1 Å². The molecule has 0 saturated heterocycles. The van der Waals surface area contributed by atoms with Gasteiger partial charge in [-0.25, -0.2) is 0 Å². The second-order valence-electron chi connectivity index (χ2n) is 8.23. The summed E-state index contributed by atoms with van der Waals surface area (Å²) in [5.74, 6) is 1.25. The molecule has 0 aliphatic rings. The third-order valence-corrected chi connectivity index (χ3v) is 7.01. The number of rotatable bonds is 8. The average Bonchev–Trinajstić information content (AvgIpc) is 3.27. The van der Waals surface area contributed by atoms with Gasteiger partial charge in [0.25, 0.3) is 0 Å². The summed E-state index contributed by atoms with van der Waals surface area (Å²) in [5, 5.41) is 13.0. The van der Waals surface area contributed by atoms with Gasteiger partial charge in [0.1, 0.15) is 0 Å². The Bertz CT molecular complexity index is 1270. The highest BCUT2D eigenvalue weighted by molar-refractivity contribution is 7.99. The molecule has 1 heterocycles. The molecular formula is C27H27ClN4OS. The highest BCUT2D eigenvalue weighted by Crippen LogP contribution is 2.32. The number of amides is 1. The zero-order chi connectivity index (χ0) is 24.1. The van der Waals surface area contributed by atoms with Gasteiger partial charge in [0.2, 0.25) is 5.91 Å². The minimum atomic E-state index is -0.0981. The number of benzene rings is 3. The first kappa shape index (κ1) is 24.0. The van der Waals surface area contributed by atoms with E-state index in [1.54, 1.807) is 0 Å². The zero-order valence-corrected chi connectivity index (χ0v) is 21.0. The molecule has 0 aliphatic carbocycles. The molecule has 0 radical (unpaired) electrons. The second-order valence-corrected chi connectivity index (χ2v) is 9.57. The lowest BCUT2D eigenvalue weighted by Gasteiger charge is -2.12. The van der Waals surface area contributed by atoms with Crippen molar-refractivity contribution < 1.29 is 4.79 Å². The maximum Gasteiger partial charge on any atom is 0.234 e. The highest BCUT2D eigenvalue weighted by atomic mass is 35.5. The second kappa shape index (κ2) is 10.9. The van der Waals surface area contributed by atoms with Gasteiger partial charge in [-0.05, 0) is 61.2 Å². The van der Waals surface area contributed by atoms with E-state index in [9.17, 15) is 4.79 Å². The van der Waals surface area contributed by atoms with E-state index in [2.05, 4.69) is 41.5 Å². The molecule has 7 heteroatoms. The van der Waals surface area contributed by atoms with Gasteiger partial charge in [0, 0.05) is 16.9 Å². The molecule has 0 saturated carbocycles. The molecule has 1 amide bonds. The largest absolute Gasteiger partial charge is 0.325 e. The number of nitrogens with one attached hydrogen (secondary N) is 1. The number of aryl methyl sites for hydroxylation is 1. The smallest absolute Gasteiger partial charge is 0.234 e. The number of carbonyl (C=O) groups excluding carboxylic acids is 1. The van der Waals surface area contributed by atoms with Gasteiger partial charge in [-0.15, -0.1) is 10.2 Å². The first-order valence-corrected chi connectivity index (χ1v) is 12.6.